The number of unbranched alkanes of at least 4 members (excludes halogenated alkanes) is 1. The number of methoxy groups -OCH3 is 2. The van der Waals surface area contributed by atoms with E-state index in [1.165, 1.54) is 5.56 Å². The second-order valence-corrected chi connectivity index (χ2v) is 10.4. The third kappa shape index (κ3) is 6.48. The molecule has 4 aromatic rings. The molecule has 0 radical (unpaired) electrons. The Balaban J connectivity index is 1.42. The molecular weight excluding hydrogens is 518 g/mol. The van der Waals surface area contributed by atoms with E-state index >= 15 is 0 Å². The van der Waals surface area contributed by atoms with E-state index in [1.807, 2.05) is 41.3 Å². The number of likely N-dealkylation sites (tertiary alicyclic amines) is 1. The molecule has 1 amide bonds. The molecule has 8 nitrogen and oxygen atoms in total. The Labute approximate surface area is 240 Å². The summed E-state index contributed by atoms with van der Waals surface area (Å²) in [6, 6.07) is 21.5. The number of carbonyl (C=O) groups is 2. The lowest BCUT2D eigenvalue weighted by atomic mass is 9.89. The molecule has 8 heteroatoms. The van der Waals surface area contributed by atoms with E-state index in [9.17, 15) is 9.59 Å². The van der Waals surface area contributed by atoms with Crippen molar-refractivity contribution in [2.24, 2.45) is 0 Å². The SMILES string of the molecule is COc1ccc(-c2nc3ccc(C(=O)N4CCC(c5ccccc5)CC4)cc3nc2CCCCC(=O)O)c(OC)c1. The number of hydrogen-bond acceptors (Lipinski definition) is 6. The predicted molar refractivity (Wildman–Crippen MR) is 158 cm³/mol. The summed E-state index contributed by atoms with van der Waals surface area (Å²) in [4.78, 5) is 36.4. The van der Waals surface area contributed by atoms with Gasteiger partial charge in [-0.15, -0.1) is 0 Å². The van der Waals surface area contributed by atoms with Gasteiger partial charge in [-0.05, 0) is 73.9 Å². The molecule has 0 unspecified atom stereocenters. The van der Waals surface area contributed by atoms with Crippen molar-refractivity contribution in [1.29, 1.82) is 0 Å². The molecule has 1 N–H and O–H groups in total. The molecule has 1 saturated heterocycles. The third-order valence-corrected chi connectivity index (χ3v) is 7.75. The molecule has 41 heavy (non-hydrogen) atoms. The second-order valence-electron chi connectivity index (χ2n) is 10.4. The maximum atomic E-state index is 13.5. The summed E-state index contributed by atoms with van der Waals surface area (Å²) in [7, 11) is 3.20. The lowest BCUT2D eigenvalue weighted by Gasteiger charge is -2.32. The van der Waals surface area contributed by atoms with Crippen molar-refractivity contribution in [3.63, 3.8) is 0 Å². The summed E-state index contributed by atoms with van der Waals surface area (Å²) >= 11 is 0. The number of rotatable bonds is 10. The van der Waals surface area contributed by atoms with Crippen LogP contribution in [-0.2, 0) is 11.2 Å². The summed E-state index contributed by atoms with van der Waals surface area (Å²) in [6.45, 7) is 1.43. The van der Waals surface area contributed by atoms with Crippen LogP contribution in [0.15, 0.2) is 66.7 Å². The lowest BCUT2D eigenvalue weighted by Crippen LogP contribution is -2.37. The highest BCUT2D eigenvalue weighted by Gasteiger charge is 2.25. The summed E-state index contributed by atoms with van der Waals surface area (Å²) < 4.78 is 11.0. The van der Waals surface area contributed by atoms with Gasteiger partial charge in [0.15, 0.2) is 0 Å². The number of carboxylic acid groups (broad SMARTS) is 1. The molecular formula is C33H35N3O5. The van der Waals surface area contributed by atoms with Crippen molar-refractivity contribution >= 4 is 22.9 Å². The first-order chi connectivity index (χ1) is 20.0. The number of ether oxygens (including phenoxy) is 2. The summed E-state index contributed by atoms with van der Waals surface area (Å²) in [5.74, 6) is 0.931. The third-order valence-electron chi connectivity index (χ3n) is 7.75. The van der Waals surface area contributed by atoms with Gasteiger partial charge >= 0.3 is 5.97 Å². The molecule has 1 aromatic heterocycles. The highest BCUT2D eigenvalue weighted by molar-refractivity contribution is 5.97. The number of benzene rings is 3. The van der Waals surface area contributed by atoms with Gasteiger partial charge in [0.25, 0.3) is 5.91 Å². The maximum Gasteiger partial charge on any atom is 0.303 e. The normalized spacial score (nSPS) is 13.8. The molecule has 3 aromatic carbocycles. The van der Waals surface area contributed by atoms with Gasteiger partial charge in [-0.25, -0.2) is 9.97 Å². The largest absolute Gasteiger partial charge is 0.497 e. The van der Waals surface area contributed by atoms with Gasteiger partial charge < -0.3 is 19.5 Å². The number of fused-ring (bicyclic) bond motifs is 1. The first kappa shape index (κ1) is 28.1. The van der Waals surface area contributed by atoms with Crippen LogP contribution >= 0.6 is 0 Å². The second kappa shape index (κ2) is 12.8. The number of piperidine rings is 1. The quantitative estimate of drug-likeness (QED) is 0.236. The highest BCUT2D eigenvalue weighted by Crippen LogP contribution is 2.35. The predicted octanol–water partition coefficient (Wildman–Crippen LogP) is 6.13. The first-order valence-electron chi connectivity index (χ1n) is 14.1. The zero-order chi connectivity index (χ0) is 28.8. The molecule has 1 aliphatic rings. The van der Waals surface area contributed by atoms with Crippen LogP contribution < -0.4 is 9.47 Å². The van der Waals surface area contributed by atoms with Crippen LogP contribution in [0, 0.1) is 0 Å². The van der Waals surface area contributed by atoms with Crippen molar-refractivity contribution in [3.8, 4) is 22.8 Å². The maximum absolute atomic E-state index is 13.5. The molecule has 0 atom stereocenters. The standard InChI is InChI=1S/C33H35N3O5/c1-40-25-13-14-26(30(21-25)41-2)32-28(10-6-7-11-31(37)38)34-29-20-24(12-15-27(29)35-32)33(39)36-18-16-23(17-19-36)22-8-4-3-5-9-22/h3-5,8-9,12-15,20-21,23H,6-7,10-11,16-19H2,1-2H3,(H,37,38). The van der Waals surface area contributed by atoms with Crippen molar-refractivity contribution in [3.05, 3.63) is 83.6 Å². The van der Waals surface area contributed by atoms with Crippen molar-refractivity contribution in [2.75, 3.05) is 27.3 Å². The molecule has 2 heterocycles. The minimum Gasteiger partial charge on any atom is -0.497 e. The highest BCUT2D eigenvalue weighted by atomic mass is 16.5. The van der Waals surface area contributed by atoms with E-state index in [-0.39, 0.29) is 12.3 Å². The first-order valence-corrected chi connectivity index (χ1v) is 14.1. The van der Waals surface area contributed by atoms with Crippen molar-refractivity contribution in [2.45, 2.75) is 44.4 Å². The molecule has 0 saturated carbocycles. The van der Waals surface area contributed by atoms with Gasteiger partial charge in [-0.1, -0.05) is 30.3 Å². The average Bonchev–Trinajstić information content (AvgIpc) is 3.02. The van der Waals surface area contributed by atoms with E-state index in [1.54, 1.807) is 20.3 Å². The number of aliphatic carboxylic acids is 1. The Morgan fingerprint density at radius 3 is 2.39 bits per heavy atom. The van der Waals surface area contributed by atoms with E-state index in [4.69, 9.17) is 24.5 Å². The molecule has 0 aliphatic carbocycles. The number of aromatic nitrogens is 2. The van der Waals surface area contributed by atoms with Gasteiger partial charge in [-0.2, -0.15) is 0 Å². The van der Waals surface area contributed by atoms with E-state index in [0.717, 1.165) is 24.1 Å². The Hall–Kier alpha value is -4.46. The Bertz CT molecular complexity index is 1530. The van der Waals surface area contributed by atoms with Crippen LogP contribution in [-0.4, -0.2) is 59.2 Å². The minimum absolute atomic E-state index is 0.00381. The Kier molecular flexibility index (Phi) is 8.77. The number of carboxylic acids is 1. The van der Waals surface area contributed by atoms with Crippen LogP contribution in [0.5, 0.6) is 11.5 Å². The van der Waals surface area contributed by atoms with Gasteiger partial charge in [0.1, 0.15) is 11.5 Å². The fraction of sp³-hybridized carbons (Fsp3) is 0.333. The van der Waals surface area contributed by atoms with Gasteiger partial charge in [0, 0.05) is 36.7 Å². The molecule has 1 aliphatic heterocycles. The summed E-state index contributed by atoms with van der Waals surface area (Å²) in [5.41, 5.74) is 5.43. The molecule has 0 spiro atoms. The number of nitrogens with zero attached hydrogens (tertiary/aromatic N) is 3. The Morgan fingerprint density at radius 1 is 0.902 bits per heavy atom. The number of hydrogen-bond donors (Lipinski definition) is 1. The molecule has 1 fully saturated rings. The molecule has 0 bridgehead atoms. The zero-order valence-corrected chi connectivity index (χ0v) is 23.5. The van der Waals surface area contributed by atoms with Gasteiger partial charge in [0.2, 0.25) is 0 Å². The number of amides is 1. The fourth-order valence-electron chi connectivity index (χ4n) is 5.50. The van der Waals surface area contributed by atoms with E-state index in [2.05, 4.69) is 24.3 Å². The molecule has 212 valence electrons. The van der Waals surface area contributed by atoms with E-state index < -0.39 is 5.97 Å². The van der Waals surface area contributed by atoms with Gasteiger partial charge in [-0.3, -0.25) is 9.59 Å². The van der Waals surface area contributed by atoms with E-state index in [0.29, 0.717) is 72.1 Å². The zero-order valence-electron chi connectivity index (χ0n) is 23.5. The van der Waals surface area contributed by atoms with Crippen LogP contribution in [0.1, 0.15) is 59.6 Å². The number of aryl methyl sites for hydroxylation is 1. The fourth-order valence-corrected chi connectivity index (χ4v) is 5.50. The monoisotopic (exact) mass is 553 g/mol. The van der Waals surface area contributed by atoms with Crippen LogP contribution in [0.4, 0.5) is 0 Å². The Morgan fingerprint density at radius 2 is 1.68 bits per heavy atom. The molecule has 5 rings (SSSR count). The average molecular weight is 554 g/mol. The summed E-state index contributed by atoms with van der Waals surface area (Å²) in [6.07, 6.45) is 3.71. The van der Waals surface area contributed by atoms with Crippen LogP contribution in [0.25, 0.3) is 22.3 Å². The van der Waals surface area contributed by atoms with Crippen LogP contribution in [0.3, 0.4) is 0 Å². The van der Waals surface area contributed by atoms with Crippen LogP contribution in [0.2, 0.25) is 0 Å². The lowest BCUT2D eigenvalue weighted by molar-refractivity contribution is -0.137. The number of carbonyl (C=O) groups excluding carboxylic acids is 1. The minimum atomic E-state index is -0.817. The topological polar surface area (TPSA) is 102 Å². The smallest absolute Gasteiger partial charge is 0.303 e. The summed E-state index contributed by atoms with van der Waals surface area (Å²) in [5, 5.41) is 9.07. The van der Waals surface area contributed by atoms with Crippen molar-refractivity contribution < 1.29 is 24.2 Å². The van der Waals surface area contributed by atoms with Crippen molar-refractivity contribution in [1.82, 2.24) is 14.9 Å². The van der Waals surface area contributed by atoms with Gasteiger partial charge in [0.05, 0.1) is 36.6 Å².